The second kappa shape index (κ2) is 8.76. The lowest BCUT2D eigenvalue weighted by molar-refractivity contribution is -0.133. The monoisotopic (exact) mass is 459 g/mol. The molecule has 3 aliphatic rings. The van der Waals surface area contributed by atoms with Gasteiger partial charge in [-0.3, -0.25) is 14.5 Å². The fraction of sp³-hybridized carbons (Fsp3) is 0.500. The smallest absolute Gasteiger partial charge is 0.236 e. The number of carbonyl (C=O) groups excluding carboxylic acids is 2. The summed E-state index contributed by atoms with van der Waals surface area (Å²) in [6.07, 6.45) is 2.80. The number of aromatic nitrogens is 1. The highest BCUT2D eigenvalue weighted by molar-refractivity contribution is 7.15. The molecule has 1 saturated heterocycles. The molecular formula is C22H26ClN5O2S. The first-order valence-corrected chi connectivity index (χ1v) is 12.0. The molecule has 2 aliphatic heterocycles. The predicted octanol–water partition coefficient (Wildman–Crippen LogP) is 2.85. The van der Waals surface area contributed by atoms with Crippen LogP contribution in [0.2, 0.25) is 5.02 Å². The third-order valence-corrected chi connectivity index (χ3v) is 7.42. The Kier molecular flexibility index (Phi) is 5.86. The topological polar surface area (TPSA) is 68.8 Å². The van der Waals surface area contributed by atoms with Crippen LogP contribution in [0.4, 0.5) is 10.8 Å². The molecule has 3 heterocycles. The SMILES string of the molecule is O=C(Nc1nc2c(s1)CN(CC(=O)N1CCN(c3ccc(Cl)cc3)CC1)CC2)C1CC1. The number of hydrogen-bond donors (Lipinski definition) is 1. The molecule has 2 aromatic rings. The van der Waals surface area contributed by atoms with Gasteiger partial charge in [-0.2, -0.15) is 0 Å². The zero-order chi connectivity index (χ0) is 21.4. The van der Waals surface area contributed by atoms with E-state index in [1.165, 1.54) is 0 Å². The number of fused-ring (bicyclic) bond motifs is 1. The van der Waals surface area contributed by atoms with Crippen molar-refractivity contribution in [1.29, 1.82) is 0 Å². The van der Waals surface area contributed by atoms with Gasteiger partial charge in [0.1, 0.15) is 0 Å². The van der Waals surface area contributed by atoms with Crippen LogP contribution in [0.25, 0.3) is 0 Å². The summed E-state index contributed by atoms with van der Waals surface area (Å²) in [7, 11) is 0. The van der Waals surface area contributed by atoms with Gasteiger partial charge >= 0.3 is 0 Å². The number of carbonyl (C=O) groups is 2. The van der Waals surface area contributed by atoms with E-state index in [2.05, 4.69) is 20.1 Å². The fourth-order valence-corrected chi connectivity index (χ4v) is 5.33. The van der Waals surface area contributed by atoms with E-state index in [9.17, 15) is 9.59 Å². The third kappa shape index (κ3) is 4.86. The molecule has 0 bridgehead atoms. The average Bonchev–Trinajstić information content (AvgIpc) is 3.55. The van der Waals surface area contributed by atoms with E-state index in [1.54, 1.807) is 11.3 Å². The Balaban J connectivity index is 1.12. The number of amides is 2. The Morgan fingerprint density at radius 1 is 1.10 bits per heavy atom. The number of thiazole rings is 1. The lowest BCUT2D eigenvalue weighted by Crippen LogP contribution is -2.51. The number of hydrogen-bond acceptors (Lipinski definition) is 6. The molecule has 9 heteroatoms. The normalized spacial score (nSPS) is 19.3. The minimum atomic E-state index is 0.0934. The molecule has 0 radical (unpaired) electrons. The molecule has 164 valence electrons. The zero-order valence-electron chi connectivity index (χ0n) is 17.3. The van der Waals surface area contributed by atoms with E-state index in [-0.39, 0.29) is 17.7 Å². The van der Waals surface area contributed by atoms with Gasteiger partial charge in [0.25, 0.3) is 0 Å². The van der Waals surface area contributed by atoms with E-state index in [1.807, 2.05) is 29.2 Å². The van der Waals surface area contributed by atoms with Crippen LogP contribution in [0.1, 0.15) is 23.4 Å². The van der Waals surface area contributed by atoms with Crippen molar-refractivity contribution in [3.05, 3.63) is 39.9 Å². The highest BCUT2D eigenvalue weighted by Gasteiger charge is 2.31. The van der Waals surface area contributed by atoms with Crippen LogP contribution in [0, 0.1) is 5.92 Å². The summed E-state index contributed by atoms with van der Waals surface area (Å²) >= 11 is 7.53. The molecule has 1 saturated carbocycles. The molecule has 31 heavy (non-hydrogen) atoms. The van der Waals surface area contributed by atoms with Gasteiger partial charge in [0, 0.05) is 67.2 Å². The Hall–Kier alpha value is -2.16. The minimum absolute atomic E-state index is 0.0934. The second-order valence-electron chi connectivity index (χ2n) is 8.46. The third-order valence-electron chi connectivity index (χ3n) is 6.17. The number of nitrogens with one attached hydrogen (secondary N) is 1. The van der Waals surface area contributed by atoms with Crippen LogP contribution in [0.15, 0.2) is 24.3 Å². The van der Waals surface area contributed by atoms with E-state index in [0.717, 1.165) is 79.8 Å². The maximum Gasteiger partial charge on any atom is 0.236 e. The fourth-order valence-electron chi connectivity index (χ4n) is 4.15. The molecule has 0 unspecified atom stereocenters. The highest BCUT2D eigenvalue weighted by Crippen LogP contribution is 2.33. The molecule has 2 amide bonds. The van der Waals surface area contributed by atoms with Crippen LogP contribution in [0.5, 0.6) is 0 Å². The number of nitrogens with zero attached hydrogens (tertiary/aromatic N) is 4. The number of benzene rings is 1. The Morgan fingerprint density at radius 2 is 1.84 bits per heavy atom. The van der Waals surface area contributed by atoms with Gasteiger partial charge in [0.2, 0.25) is 11.8 Å². The van der Waals surface area contributed by atoms with Gasteiger partial charge in [-0.1, -0.05) is 11.6 Å². The highest BCUT2D eigenvalue weighted by atomic mass is 35.5. The number of anilines is 2. The molecule has 1 N–H and O–H groups in total. The molecule has 5 rings (SSSR count). The predicted molar refractivity (Wildman–Crippen MR) is 123 cm³/mol. The molecule has 0 atom stereocenters. The largest absolute Gasteiger partial charge is 0.368 e. The first-order chi connectivity index (χ1) is 15.0. The van der Waals surface area contributed by atoms with Gasteiger partial charge in [-0.15, -0.1) is 11.3 Å². The van der Waals surface area contributed by atoms with Crippen molar-refractivity contribution in [3.63, 3.8) is 0 Å². The van der Waals surface area contributed by atoms with E-state index in [4.69, 9.17) is 11.6 Å². The first-order valence-electron chi connectivity index (χ1n) is 10.9. The Morgan fingerprint density at radius 3 is 2.55 bits per heavy atom. The van der Waals surface area contributed by atoms with Crippen molar-refractivity contribution >= 4 is 45.6 Å². The van der Waals surface area contributed by atoms with E-state index >= 15 is 0 Å². The first kappa shape index (κ1) is 20.7. The average molecular weight is 460 g/mol. The molecule has 1 aliphatic carbocycles. The second-order valence-corrected chi connectivity index (χ2v) is 9.98. The van der Waals surface area contributed by atoms with E-state index < -0.39 is 0 Å². The summed E-state index contributed by atoms with van der Waals surface area (Å²) in [6, 6.07) is 7.87. The van der Waals surface area contributed by atoms with Crippen molar-refractivity contribution in [2.45, 2.75) is 25.8 Å². The summed E-state index contributed by atoms with van der Waals surface area (Å²) < 4.78 is 0. The minimum Gasteiger partial charge on any atom is -0.368 e. The quantitative estimate of drug-likeness (QED) is 0.744. The number of rotatable bonds is 5. The van der Waals surface area contributed by atoms with Crippen LogP contribution in [0.3, 0.4) is 0 Å². The molecule has 7 nitrogen and oxygen atoms in total. The van der Waals surface area contributed by atoms with Crippen molar-refractivity contribution in [2.24, 2.45) is 5.92 Å². The Labute approximate surface area is 191 Å². The molecular weight excluding hydrogens is 434 g/mol. The van der Waals surface area contributed by atoms with Crippen molar-refractivity contribution < 1.29 is 9.59 Å². The van der Waals surface area contributed by atoms with Crippen LogP contribution in [-0.4, -0.2) is 65.9 Å². The summed E-state index contributed by atoms with van der Waals surface area (Å²) in [6.45, 7) is 5.11. The van der Waals surface area contributed by atoms with Gasteiger partial charge in [-0.25, -0.2) is 4.98 Å². The molecule has 2 fully saturated rings. The zero-order valence-corrected chi connectivity index (χ0v) is 18.9. The van der Waals surface area contributed by atoms with Crippen LogP contribution < -0.4 is 10.2 Å². The van der Waals surface area contributed by atoms with Crippen molar-refractivity contribution in [3.8, 4) is 0 Å². The maximum absolute atomic E-state index is 12.9. The van der Waals surface area contributed by atoms with Gasteiger partial charge < -0.3 is 15.1 Å². The molecule has 0 spiro atoms. The van der Waals surface area contributed by atoms with Gasteiger partial charge in [0.05, 0.1) is 12.2 Å². The number of piperazine rings is 1. The van der Waals surface area contributed by atoms with Crippen LogP contribution >= 0.6 is 22.9 Å². The summed E-state index contributed by atoms with van der Waals surface area (Å²) in [4.78, 5) is 37.1. The van der Waals surface area contributed by atoms with Crippen LogP contribution in [-0.2, 0) is 22.6 Å². The number of halogens is 1. The van der Waals surface area contributed by atoms with Gasteiger partial charge in [0.15, 0.2) is 5.13 Å². The standard InChI is InChI=1S/C22H26ClN5O2S/c23-16-3-5-17(6-4-16)27-9-11-28(12-10-27)20(29)14-26-8-7-18-19(13-26)31-22(24-18)25-21(30)15-1-2-15/h3-6,15H,1-2,7-14H2,(H,24,25,30). The lowest BCUT2D eigenvalue weighted by atomic mass is 10.2. The van der Waals surface area contributed by atoms with Crippen molar-refractivity contribution in [1.82, 2.24) is 14.8 Å². The lowest BCUT2D eigenvalue weighted by Gasteiger charge is -2.37. The summed E-state index contributed by atoms with van der Waals surface area (Å²) in [5.41, 5.74) is 2.21. The Bertz CT molecular complexity index is 967. The van der Waals surface area contributed by atoms with Crippen molar-refractivity contribution in [2.75, 3.05) is 49.5 Å². The maximum atomic E-state index is 12.9. The molecule has 1 aromatic carbocycles. The summed E-state index contributed by atoms with van der Waals surface area (Å²) in [5.74, 6) is 0.456. The molecule has 1 aromatic heterocycles. The van der Waals surface area contributed by atoms with Gasteiger partial charge in [-0.05, 0) is 37.1 Å². The summed E-state index contributed by atoms with van der Waals surface area (Å²) in [5, 5.41) is 4.39. The van der Waals surface area contributed by atoms with E-state index in [0.29, 0.717) is 11.7 Å².